The Labute approximate surface area is 192 Å². The first-order valence-corrected chi connectivity index (χ1v) is 11.1. The highest BCUT2D eigenvalue weighted by Gasteiger charge is 2.44. The van der Waals surface area contributed by atoms with Crippen LogP contribution in [0.1, 0.15) is 53.0 Å². The minimum absolute atomic E-state index is 0.00299. The third-order valence-electron chi connectivity index (χ3n) is 6.07. The van der Waals surface area contributed by atoms with E-state index in [0.29, 0.717) is 0 Å². The van der Waals surface area contributed by atoms with Gasteiger partial charge in [0, 0.05) is 18.9 Å². The fraction of sp³-hybridized carbons (Fsp3) is 0.320. The number of carbonyl (C=O) groups is 4. The van der Waals surface area contributed by atoms with E-state index >= 15 is 0 Å². The number of amides is 3. The van der Waals surface area contributed by atoms with Gasteiger partial charge in [-0.1, -0.05) is 49.4 Å². The number of rotatable bonds is 8. The lowest BCUT2D eigenvalue weighted by molar-refractivity contribution is -0.123. The quantitative estimate of drug-likeness (QED) is 0.604. The van der Waals surface area contributed by atoms with E-state index in [0.717, 1.165) is 16.9 Å². The van der Waals surface area contributed by atoms with Gasteiger partial charge in [-0.15, -0.1) is 0 Å². The third kappa shape index (κ3) is 4.41. The third-order valence-corrected chi connectivity index (χ3v) is 6.07. The molecule has 2 aliphatic rings. The number of Topliss-reactive ketones (excluding diaryl/α,β-unsaturated/α-hetero) is 1. The van der Waals surface area contributed by atoms with Gasteiger partial charge in [0.1, 0.15) is 17.8 Å². The lowest BCUT2D eigenvalue weighted by atomic mass is 9.95. The fourth-order valence-electron chi connectivity index (χ4n) is 4.01. The second-order valence-electron chi connectivity index (χ2n) is 8.36. The van der Waals surface area contributed by atoms with Crippen LogP contribution < -0.4 is 10.7 Å². The van der Waals surface area contributed by atoms with E-state index in [4.69, 9.17) is 0 Å². The molecule has 33 heavy (non-hydrogen) atoms. The lowest BCUT2D eigenvalue weighted by Gasteiger charge is -2.25. The van der Waals surface area contributed by atoms with Crippen molar-refractivity contribution in [3.63, 3.8) is 0 Å². The first-order chi connectivity index (χ1) is 15.9. The number of nitrogens with one attached hydrogen (secondary N) is 2. The van der Waals surface area contributed by atoms with Crippen LogP contribution in [-0.2, 0) is 16.0 Å². The zero-order valence-corrected chi connectivity index (χ0v) is 18.6. The largest absolute Gasteiger partial charge is 0.352 e. The molecule has 0 saturated carbocycles. The number of carbonyl (C=O) groups excluding carboxylic acids is 4. The molecule has 3 atom stereocenters. The summed E-state index contributed by atoms with van der Waals surface area (Å²) < 4.78 is 0. The van der Waals surface area contributed by atoms with Crippen molar-refractivity contribution >= 4 is 29.2 Å². The van der Waals surface area contributed by atoms with Crippen molar-refractivity contribution < 1.29 is 19.2 Å². The molecule has 0 radical (unpaired) electrons. The van der Waals surface area contributed by atoms with Crippen molar-refractivity contribution in [3.05, 3.63) is 71.3 Å². The summed E-state index contributed by atoms with van der Waals surface area (Å²) in [7, 11) is 0. The number of ketones is 1. The minimum atomic E-state index is -1.06. The van der Waals surface area contributed by atoms with Crippen LogP contribution >= 0.6 is 0 Å². The molecule has 2 aromatic carbocycles. The Balaban J connectivity index is 1.59. The van der Waals surface area contributed by atoms with E-state index < -0.39 is 29.7 Å². The summed E-state index contributed by atoms with van der Waals surface area (Å²) in [6.45, 7) is 3.87. The van der Waals surface area contributed by atoms with Crippen LogP contribution in [0, 0.1) is 0 Å². The normalized spacial score (nSPS) is 18.9. The van der Waals surface area contributed by atoms with Crippen LogP contribution in [0.15, 0.2) is 59.7 Å². The van der Waals surface area contributed by atoms with Crippen molar-refractivity contribution in [2.45, 2.75) is 51.2 Å². The smallest absolute Gasteiger partial charge is 0.262 e. The number of hydrogen-bond donors (Lipinski definition) is 2. The summed E-state index contributed by atoms with van der Waals surface area (Å²) >= 11 is 0. The number of hydrogen-bond acceptors (Lipinski definition) is 6. The highest BCUT2D eigenvalue weighted by atomic mass is 16.2. The van der Waals surface area contributed by atoms with Crippen LogP contribution in [-0.4, -0.2) is 52.2 Å². The first-order valence-electron chi connectivity index (χ1n) is 11.1. The molecule has 3 amide bonds. The SMILES string of the molecule is CCC(C)NC(=O)C1CC(C(=O)C(Cc2ccccc2)N2C(=O)c3ccccc3C2=O)=NN1. The molecule has 0 spiro atoms. The molecule has 8 nitrogen and oxygen atoms in total. The number of fused-ring (bicyclic) bond motifs is 1. The Morgan fingerprint density at radius 1 is 1.06 bits per heavy atom. The molecular formula is C25H26N4O4. The van der Waals surface area contributed by atoms with Crippen LogP contribution in [0.2, 0.25) is 0 Å². The minimum Gasteiger partial charge on any atom is -0.352 e. The van der Waals surface area contributed by atoms with Crippen molar-refractivity contribution in [1.82, 2.24) is 15.6 Å². The Bertz CT molecular complexity index is 1090. The van der Waals surface area contributed by atoms with Crippen LogP contribution in [0.4, 0.5) is 0 Å². The number of benzene rings is 2. The molecule has 4 rings (SSSR count). The molecule has 2 aliphatic heterocycles. The zero-order valence-electron chi connectivity index (χ0n) is 18.6. The van der Waals surface area contributed by atoms with E-state index in [1.807, 2.05) is 44.2 Å². The topological polar surface area (TPSA) is 108 Å². The van der Waals surface area contributed by atoms with Gasteiger partial charge >= 0.3 is 0 Å². The second kappa shape index (κ2) is 9.36. The van der Waals surface area contributed by atoms with Gasteiger partial charge in [0.2, 0.25) is 11.7 Å². The molecule has 170 valence electrons. The highest BCUT2D eigenvalue weighted by Crippen LogP contribution is 2.27. The summed E-state index contributed by atoms with van der Waals surface area (Å²) in [5, 5.41) is 6.99. The van der Waals surface area contributed by atoms with E-state index in [-0.39, 0.29) is 41.6 Å². The van der Waals surface area contributed by atoms with E-state index in [9.17, 15) is 19.2 Å². The molecule has 0 saturated heterocycles. The lowest BCUT2D eigenvalue weighted by Crippen LogP contribution is -2.49. The molecular weight excluding hydrogens is 420 g/mol. The average Bonchev–Trinajstić information content (AvgIpc) is 3.42. The molecule has 2 N–H and O–H groups in total. The Kier molecular flexibility index (Phi) is 6.35. The summed E-state index contributed by atoms with van der Waals surface area (Å²) in [5.41, 5.74) is 4.26. The predicted molar refractivity (Wildman–Crippen MR) is 123 cm³/mol. The van der Waals surface area contributed by atoms with Crippen LogP contribution in [0.5, 0.6) is 0 Å². The van der Waals surface area contributed by atoms with Crippen molar-refractivity contribution in [1.29, 1.82) is 0 Å². The van der Waals surface area contributed by atoms with Gasteiger partial charge in [0.25, 0.3) is 11.8 Å². The summed E-state index contributed by atoms with van der Waals surface area (Å²) in [6.07, 6.45) is 1.04. The number of hydrazone groups is 1. The highest BCUT2D eigenvalue weighted by molar-refractivity contribution is 6.43. The molecule has 0 bridgehead atoms. The average molecular weight is 447 g/mol. The van der Waals surface area contributed by atoms with Gasteiger partial charge in [0.15, 0.2) is 0 Å². The molecule has 0 fully saturated rings. The first kappa shape index (κ1) is 22.4. The maximum atomic E-state index is 13.6. The van der Waals surface area contributed by atoms with Gasteiger partial charge in [-0.25, -0.2) is 0 Å². The summed E-state index contributed by atoms with van der Waals surface area (Å²) in [4.78, 5) is 53.3. The second-order valence-corrected chi connectivity index (χ2v) is 8.36. The molecule has 2 heterocycles. The zero-order chi connectivity index (χ0) is 23.5. The maximum absolute atomic E-state index is 13.6. The van der Waals surface area contributed by atoms with Gasteiger partial charge in [-0.2, -0.15) is 5.10 Å². The van der Waals surface area contributed by atoms with Crippen LogP contribution in [0.3, 0.4) is 0 Å². The molecule has 2 aromatic rings. The molecule has 3 unspecified atom stereocenters. The Morgan fingerprint density at radius 3 is 2.27 bits per heavy atom. The van der Waals surface area contributed by atoms with E-state index in [2.05, 4.69) is 15.8 Å². The van der Waals surface area contributed by atoms with Crippen molar-refractivity contribution in [3.8, 4) is 0 Å². The van der Waals surface area contributed by atoms with Gasteiger partial charge < -0.3 is 5.32 Å². The monoisotopic (exact) mass is 446 g/mol. The summed E-state index contributed by atoms with van der Waals surface area (Å²) in [5.74, 6) is -1.68. The summed E-state index contributed by atoms with van der Waals surface area (Å²) in [6, 6.07) is 14.0. The van der Waals surface area contributed by atoms with Crippen molar-refractivity contribution in [2.24, 2.45) is 5.10 Å². The maximum Gasteiger partial charge on any atom is 0.262 e. The predicted octanol–water partition coefficient (Wildman–Crippen LogP) is 2.10. The standard InChI is InChI=1S/C25H26N4O4/c1-3-15(2)26-23(31)20-14-19(27-28-20)22(30)21(13-16-9-5-4-6-10-16)29-24(32)17-11-7-8-12-18(17)25(29)33/h4-12,15,20-21,28H,3,13-14H2,1-2H3,(H,26,31). The fourth-order valence-corrected chi connectivity index (χ4v) is 4.01. The Hall–Kier alpha value is -3.81. The molecule has 0 aromatic heterocycles. The number of nitrogens with zero attached hydrogens (tertiary/aromatic N) is 2. The molecule has 8 heteroatoms. The van der Waals surface area contributed by atoms with Gasteiger partial charge in [-0.05, 0) is 31.0 Å². The molecule has 0 aliphatic carbocycles. The van der Waals surface area contributed by atoms with Crippen LogP contribution in [0.25, 0.3) is 0 Å². The number of imide groups is 1. The van der Waals surface area contributed by atoms with Gasteiger partial charge in [-0.3, -0.25) is 29.5 Å². The Morgan fingerprint density at radius 2 is 1.67 bits per heavy atom. The van der Waals surface area contributed by atoms with E-state index in [1.54, 1.807) is 24.3 Å². The van der Waals surface area contributed by atoms with Crippen molar-refractivity contribution in [2.75, 3.05) is 0 Å². The van der Waals surface area contributed by atoms with E-state index in [1.165, 1.54) is 0 Å². The van der Waals surface area contributed by atoms with Gasteiger partial charge in [0.05, 0.1) is 11.1 Å².